The van der Waals surface area contributed by atoms with Crippen molar-refractivity contribution in [3.8, 4) is 0 Å². The lowest BCUT2D eigenvalue weighted by atomic mass is 9.96. The topological polar surface area (TPSA) is 106 Å². The highest BCUT2D eigenvalue weighted by molar-refractivity contribution is 9.10. The molecule has 2 aromatic rings. The van der Waals surface area contributed by atoms with Gasteiger partial charge in [-0.2, -0.15) is 0 Å². The zero-order valence-electron chi connectivity index (χ0n) is 16.5. The first-order valence-corrected chi connectivity index (χ1v) is 12.0. The summed E-state index contributed by atoms with van der Waals surface area (Å²) in [5, 5.41) is 15.6. The van der Waals surface area contributed by atoms with E-state index in [0.29, 0.717) is 48.7 Å². The molecule has 4 rings (SSSR count). The third-order valence-corrected chi connectivity index (χ3v) is 7.04. The number of carbonyl (C=O) groups is 2. The lowest BCUT2D eigenvalue weighted by Crippen LogP contribution is -2.42. The fourth-order valence-corrected chi connectivity index (χ4v) is 5.03. The molecule has 1 aliphatic carbocycles. The lowest BCUT2D eigenvalue weighted by molar-refractivity contribution is -0.132. The van der Waals surface area contributed by atoms with Crippen molar-refractivity contribution in [3.63, 3.8) is 0 Å². The number of nitrogens with one attached hydrogen (secondary N) is 1. The van der Waals surface area contributed by atoms with Gasteiger partial charge in [-0.05, 0) is 64.2 Å². The molecule has 9 nitrogen and oxygen atoms in total. The minimum Gasteiger partial charge on any atom is -0.342 e. The van der Waals surface area contributed by atoms with Crippen LogP contribution in [0.25, 0.3) is 0 Å². The van der Waals surface area contributed by atoms with Gasteiger partial charge >= 0.3 is 0 Å². The van der Waals surface area contributed by atoms with Crippen molar-refractivity contribution in [2.45, 2.75) is 49.7 Å². The summed E-state index contributed by atoms with van der Waals surface area (Å²) in [4.78, 5) is 31.1. The van der Waals surface area contributed by atoms with Crippen molar-refractivity contribution < 1.29 is 9.59 Å². The number of thioether (sulfide) groups is 1. The van der Waals surface area contributed by atoms with Gasteiger partial charge in [0.05, 0.1) is 11.8 Å². The molecule has 11 heteroatoms. The summed E-state index contributed by atoms with van der Waals surface area (Å²) in [5.41, 5.74) is 0. The molecule has 2 fully saturated rings. The number of anilines is 1. The van der Waals surface area contributed by atoms with Gasteiger partial charge < -0.3 is 10.2 Å². The molecule has 1 saturated heterocycles. The van der Waals surface area contributed by atoms with Crippen molar-refractivity contribution in [2.24, 2.45) is 5.92 Å². The normalized spacial score (nSPS) is 18.0. The van der Waals surface area contributed by atoms with E-state index >= 15 is 0 Å². The Morgan fingerprint density at radius 2 is 1.93 bits per heavy atom. The van der Waals surface area contributed by atoms with Crippen LogP contribution in [0.3, 0.4) is 0 Å². The lowest BCUT2D eigenvalue weighted by Gasteiger charge is -2.31. The molecule has 2 aliphatic rings. The number of carbonyl (C=O) groups excluding carboxylic acids is 2. The van der Waals surface area contributed by atoms with Crippen molar-refractivity contribution >= 4 is 45.3 Å². The van der Waals surface area contributed by atoms with Crippen molar-refractivity contribution in [1.82, 2.24) is 30.1 Å². The van der Waals surface area contributed by atoms with E-state index in [2.05, 4.69) is 41.8 Å². The molecule has 0 unspecified atom stereocenters. The van der Waals surface area contributed by atoms with E-state index in [4.69, 9.17) is 0 Å². The average Bonchev–Trinajstić information content (AvgIpc) is 3.45. The predicted molar refractivity (Wildman–Crippen MR) is 116 cm³/mol. The quantitative estimate of drug-likeness (QED) is 0.616. The number of hydrogen-bond acceptors (Lipinski definition) is 7. The van der Waals surface area contributed by atoms with Gasteiger partial charge in [-0.3, -0.25) is 9.59 Å². The Balaban J connectivity index is 1.23. The number of likely N-dealkylation sites (tertiary alicyclic amines) is 1. The zero-order chi connectivity index (χ0) is 20.9. The molecule has 0 bridgehead atoms. The molecule has 3 heterocycles. The number of pyridine rings is 1. The summed E-state index contributed by atoms with van der Waals surface area (Å²) in [7, 11) is 0. The second-order valence-corrected chi connectivity index (χ2v) is 9.50. The van der Waals surface area contributed by atoms with Crippen LogP contribution in [0.1, 0.15) is 44.6 Å². The van der Waals surface area contributed by atoms with Crippen LogP contribution in [-0.4, -0.2) is 60.7 Å². The summed E-state index contributed by atoms with van der Waals surface area (Å²) < 4.78 is 2.74. The molecule has 1 N–H and O–H groups in total. The van der Waals surface area contributed by atoms with Crippen molar-refractivity contribution in [2.75, 3.05) is 24.2 Å². The molecule has 1 aliphatic heterocycles. The van der Waals surface area contributed by atoms with E-state index in [1.807, 2.05) is 15.6 Å². The molecule has 30 heavy (non-hydrogen) atoms. The number of amides is 2. The van der Waals surface area contributed by atoms with E-state index in [1.165, 1.54) is 24.6 Å². The number of hydrogen-bond donors (Lipinski definition) is 1. The highest BCUT2D eigenvalue weighted by Crippen LogP contribution is 2.31. The molecule has 0 atom stereocenters. The number of nitrogens with zero attached hydrogens (tertiary/aromatic N) is 6. The number of halogens is 1. The molecule has 0 aromatic carbocycles. The van der Waals surface area contributed by atoms with Crippen LogP contribution in [0.4, 0.5) is 5.82 Å². The van der Waals surface area contributed by atoms with Gasteiger partial charge in [-0.25, -0.2) is 9.67 Å². The standard InChI is InChI=1S/C19H24BrN7O2S/c20-14-5-6-16(21-11-14)22-18(29)13-7-9-26(10-8-13)17(28)12-30-19-23-24-25-27(19)15-3-1-2-4-15/h5-6,11,13,15H,1-4,7-10,12H2,(H,21,22,29). The van der Waals surface area contributed by atoms with Crippen LogP contribution in [0, 0.1) is 5.92 Å². The first kappa shape index (κ1) is 21.2. The molecule has 0 spiro atoms. The van der Waals surface area contributed by atoms with Gasteiger partial charge in [0, 0.05) is 29.7 Å². The Morgan fingerprint density at radius 3 is 2.63 bits per heavy atom. The van der Waals surface area contributed by atoms with Gasteiger partial charge in [-0.15, -0.1) is 5.10 Å². The summed E-state index contributed by atoms with van der Waals surface area (Å²) in [6.07, 6.45) is 7.55. The number of piperidine rings is 1. The number of tetrazole rings is 1. The molecule has 0 radical (unpaired) electrons. The predicted octanol–water partition coefficient (Wildman–Crippen LogP) is 2.92. The summed E-state index contributed by atoms with van der Waals surface area (Å²) in [6, 6.07) is 3.95. The van der Waals surface area contributed by atoms with Crippen LogP contribution in [0.5, 0.6) is 0 Å². The minimum atomic E-state index is -0.109. The second-order valence-electron chi connectivity index (χ2n) is 7.64. The second kappa shape index (κ2) is 9.86. The monoisotopic (exact) mass is 493 g/mol. The largest absolute Gasteiger partial charge is 0.342 e. The highest BCUT2D eigenvalue weighted by Gasteiger charge is 2.28. The smallest absolute Gasteiger partial charge is 0.233 e. The Labute approximate surface area is 187 Å². The minimum absolute atomic E-state index is 0.0398. The summed E-state index contributed by atoms with van der Waals surface area (Å²) in [6.45, 7) is 1.16. The maximum atomic E-state index is 12.6. The van der Waals surface area contributed by atoms with E-state index in [1.54, 1.807) is 12.3 Å². The summed E-state index contributed by atoms with van der Waals surface area (Å²) in [5.74, 6) is 0.767. The highest BCUT2D eigenvalue weighted by atomic mass is 79.9. The van der Waals surface area contributed by atoms with Crippen LogP contribution in [0.2, 0.25) is 0 Å². The van der Waals surface area contributed by atoms with Gasteiger partial charge in [0.15, 0.2) is 0 Å². The average molecular weight is 494 g/mol. The van der Waals surface area contributed by atoms with Gasteiger partial charge in [0.1, 0.15) is 5.82 Å². The first-order chi connectivity index (χ1) is 14.6. The van der Waals surface area contributed by atoms with E-state index in [0.717, 1.165) is 17.3 Å². The molecular formula is C19H24BrN7O2S. The van der Waals surface area contributed by atoms with Gasteiger partial charge in [-0.1, -0.05) is 24.6 Å². The maximum absolute atomic E-state index is 12.6. The molecule has 1 saturated carbocycles. The van der Waals surface area contributed by atoms with Gasteiger partial charge in [0.25, 0.3) is 0 Å². The van der Waals surface area contributed by atoms with Crippen molar-refractivity contribution in [1.29, 1.82) is 0 Å². The fraction of sp³-hybridized carbons (Fsp3) is 0.579. The SMILES string of the molecule is O=C(Nc1ccc(Br)cn1)C1CCN(C(=O)CSc2nnnn2C2CCCC2)CC1. The van der Waals surface area contributed by atoms with Crippen LogP contribution in [-0.2, 0) is 9.59 Å². The number of rotatable bonds is 6. The number of aromatic nitrogens is 5. The molecule has 2 amide bonds. The first-order valence-electron chi connectivity index (χ1n) is 10.2. The zero-order valence-corrected chi connectivity index (χ0v) is 18.9. The maximum Gasteiger partial charge on any atom is 0.233 e. The molecule has 160 valence electrons. The van der Waals surface area contributed by atoms with Crippen molar-refractivity contribution in [3.05, 3.63) is 22.8 Å². The van der Waals surface area contributed by atoms with E-state index in [-0.39, 0.29) is 17.7 Å². The Bertz CT molecular complexity index is 877. The molecular weight excluding hydrogens is 470 g/mol. The molecule has 2 aromatic heterocycles. The van der Waals surface area contributed by atoms with Crippen LogP contribution >= 0.6 is 27.7 Å². The Hall–Kier alpha value is -2.01. The summed E-state index contributed by atoms with van der Waals surface area (Å²) >= 11 is 4.72. The van der Waals surface area contributed by atoms with Crippen LogP contribution in [0.15, 0.2) is 28.0 Å². The third-order valence-electron chi connectivity index (χ3n) is 5.66. The van der Waals surface area contributed by atoms with Crippen LogP contribution < -0.4 is 5.32 Å². The van der Waals surface area contributed by atoms with E-state index in [9.17, 15) is 9.59 Å². The fourth-order valence-electron chi connectivity index (χ4n) is 3.95. The van der Waals surface area contributed by atoms with Gasteiger partial charge in [0.2, 0.25) is 17.0 Å². The third kappa shape index (κ3) is 5.18. The van der Waals surface area contributed by atoms with E-state index < -0.39 is 0 Å². The Morgan fingerprint density at radius 1 is 1.17 bits per heavy atom. The Kier molecular flexibility index (Phi) is 6.98.